The van der Waals surface area contributed by atoms with Crippen LogP contribution in [0.4, 0.5) is 4.79 Å². The number of hydrogen-bond acceptors (Lipinski definition) is 5. The molecule has 2 atom stereocenters. The van der Waals surface area contributed by atoms with E-state index in [-0.39, 0.29) is 29.7 Å². The second kappa shape index (κ2) is 11.5. The third kappa shape index (κ3) is 7.04. The molecule has 1 amide bonds. The van der Waals surface area contributed by atoms with Crippen molar-refractivity contribution in [2.24, 2.45) is 5.73 Å². The van der Waals surface area contributed by atoms with E-state index < -0.39 is 10.1 Å². The summed E-state index contributed by atoms with van der Waals surface area (Å²) in [7, 11) is -4.02. The lowest BCUT2D eigenvalue weighted by Gasteiger charge is -2.26. The average molecular weight is 503 g/mol. The van der Waals surface area contributed by atoms with E-state index in [0.29, 0.717) is 11.6 Å². The average Bonchev–Trinajstić information content (AvgIpc) is 3.20. The van der Waals surface area contributed by atoms with Crippen molar-refractivity contribution in [2.75, 3.05) is 6.54 Å². The van der Waals surface area contributed by atoms with E-state index in [1.54, 1.807) is 17.0 Å². The molecule has 0 spiro atoms. The smallest absolute Gasteiger partial charge is 0.410 e. The van der Waals surface area contributed by atoms with Crippen LogP contribution in [0.25, 0.3) is 0 Å². The van der Waals surface area contributed by atoms with E-state index in [1.165, 1.54) is 12.1 Å². The number of benzene rings is 3. The number of likely N-dealkylation sites (tertiary alicyclic amines) is 1. The molecule has 1 saturated heterocycles. The van der Waals surface area contributed by atoms with Crippen LogP contribution < -0.4 is 5.73 Å². The van der Waals surface area contributed by atoms with Gasteiger partial charge in [0.1, 0.15) is 6.61 Å². The summed E-state index contributed by atoms with van der Waals surface area (Å²) in [5.74, 6) is 0. The first-order valence-corrected chi connectivity index (χ1v) is 12.5. The molecular weight excluding hydrogens is 476 g/mol. The maximum absolute atomic E-state index is 12.4. The number of carbonyl (C=O) groups excluding carboxylic acids is 1. The summed E-state index contributed by atoms with van der Waals surface area (Å²) in [6.45, 7) is 2.69. The molecule has 3 aromatic carbocycles. The normalized spacial score (nSPS) is 17.6. The summed E-state index contributed by atoms with van der Waals surface area (Å²) in [5.41, 5.74) is 9.07. The van der Waals surface area contributed by atoms with Gasteiger partial charge in [0.2, 0.25) is 0 Å². The predicted octanol–water partition coefficient (Wildman–Crippen LogP) is 4.99. The fourth-order valence-corrected chi connectivity index (χ4v) is 4.33. The first kappa shape index (κ1) is 25.7. The van der Waals surface area contributed by atoms with E-state index in [4.69, 9.17) is 26.6 Å². The minimum absolute atomic E-state index is 0.0666. The molecule has 1 aliphatic rings. The van der Waals surface area contributed by atoms with Crippen LogP contribution in [-0.4, -0.2) is 36.6 Å². The molecule has 0 aliphatic carbocycles. The molecule has 9 heteroatoms. The molecule has 1 aliphatic heterocycles. The van der Waals surface area contributed by atoms with Crippen molar-refractivity contribution in [2.45, 2.75) is 36.9 Å². The van der Waals surface area contributed by atoms with Gasteiger partial charge in [-0.15, -0.1) is 0 Å². The highest BCUT2D eigenvalue weighted by molar-refractivity contribution is 7.85. The molecule has 3 aromatic rings. The number of amides is 1. The fourth-order valence-electron chi connectivity index (χ4n) is 3.65. The number of halogens is 1. The van der Waals surface area contributed by atoms with Gasteiger partial charge in [0.25, 0.3) is 10.1 Å². The summed E-state index contributed by atoms with van der Waals surface area (Å²) >= 11 is 6.06. The first-order valence-electron chi connectivity index (χ1n) is 10.7. The monoisotopic (exact) mass is 502 g/mol. The zero-order valence-electron chi connectivity index (χ0n) is 18.7. The number of rotatable bonds is 4. The van der Waals surface area contributed by atoms with E-state index in [2.05, 4.69) is 0 Å². The third-order valence-corrected chi connectivity index (χ3v) is 6.50. The molecule has 7 nitrogen and oxygen atoms in total. The Labute approximate surface area is 204 Å². The van der Waals surface area contributed by atoms with Gasteiger partial charge < -0.3 is 10.5 Å². The maximum Gasteiger partial charge on any atom is 0.410 e. The van der Waals surface area contributed by atoms with Crippen LogP contribution in [-0.2, 0) is 21.5 Å². The van der Waals surface area contributed by atoms with E-state index in [1.807, 2.05) is 61.5 Å². The highest BCUT2D eigenvalue weighted by atomic mass is 35.5. The van der Waals surface area contributed by atoms with Gasteiger partial charge in [-0.1, -0.05) is 71.8 Å². The van der Waals surface area contributed by atoms with Crippen molar-refractivity contribution >= 4 is 27.8 Å². The Morgan fingerprint density at radius 1 is 1.09 bits per heavy atom. The SMILES string of the molecule is Cc1ccc(S(=O)(=O)O)cc1.N[C@H]1CCN(C(=O)OCc2ccccc2)[C@H]1c1cccc(Cl)c1. The zero-order chi connectivity index (χ0) is 24.7. The maximum atomic E-state index is 12.4. The van der Waals surface area contributed by atoms with Crippen molar-refractivity contribution in [3.63, 3.8) is 0 Å². The first-order chi connectivity index (χ1) is 16.1. The van der Waals surface area contributed by atoms with Crippen LogP contribution >= 0.6 is 11.6 Å². The Kier molecular flexibility index (Phi) is 8.68. The molecule has 1 heterocycles. The summed E-state index contributed by atoms with van der Waals surface area (Å²) in [6.07, 6.45) is 0.407. The van der Waals surface area contributed by atoms with Crippen molar-refractivity contribution < 1.29 is 22.5 Å². The molecule has 1 fully saturated rings. The highest BCUT2D eigenvalue weighted by Crippen LogP contribution is 2.33. The van der Waals surface area contributed by atoms with Gasteiger partial charge in [-0.05, 0) is 48.7 Å². The second-order valence-corrected chi connectivity index (χ2v) is 9.83. The lowest BCUT2D eigenvalue weighted by atomic mass is 10.0. The summed E-state index contributed by atoms with van der Waals surface area (Å²) < 4.78 is 35.0. The zero-order valence-corrected chi connectivity index (χ0v) is 20.2. The van der Waals surface area contributed by atoms with Gasteiger partial charge in [0.15, 0.2) is 0 Å². The van der Waals surface area contributed by atoms with Crippen molar-refractivity contribution in [3.05, 3.63) is 101 Å². The predicted molar refractivity (Wildman–Crippen MR) is 131 cm³/mol. The van der Waals surface area contributed by atoms with Gasteiger partial charge in [-0.25, -0.2) is 4.79 Å². The molecule has 0 bridgehead atoms. The highest BCUT2D eigenvalue weighted by Gasteiger charge is 2.37. The molecule has 0 aromatic heterocycles. The van der Waals surface area contributed by atoms with Crippen LogP contribution in [0.2, 0.25) is 5.02 Å². The fraction of sp³-hybridized carbons (Fsp3) is 0.240. The van der Waals surface area contributed by atoms with Gasteiger partial charge in [-0.2, -0.15) is 8.42 Å². The summed E-state index contributed by atoms with van der Waals surface area (Å²) in [6, 6.07) is 22.8. The minimum atomic E-state index is -4.02. The molecule has 3 N–H and O–H groups in total. The van der Waals surface area contributed by atoms with Gasteiger partial charge in [-0.3, -0.25) is 9.45 Å². The number of carbonyl (C=O) groups is 1. The van der Waals surface area contributed by atoms with Gasteiger partial charge >= 0.3 is 6.09 Å². The molecule has 0 unspecified atom stereocenters. The van der Waals surface area contributed by atoms with Gasteiger partial charge in [0, 0.05) is 17.6 Å². The Morgan fingerprint density at radius 3 is 2.38 bits per heavy atom. The lowest BCUT2D eigenvalue weighted by Crippen LogP contribution is -2.36. The molecule has 180 valence electrons. The molecule has 0 saturated carbocycles. The Hall–Kier alpha value is -2.91. The number of hydrogen-bond donors (Lipinski definition) is 2. The largest absolute Gasteiger partial charge is 0.445 e. The van der Waals surface area contributed by atoms with Crippen LogP contribution in [0.1, 0.15) is 29.2 Å². The Bertz CT molecular complexity index is 1200. The van der Waals surface area contributed by atoms with Crippen molar-refractivity contribution in [1.29, 1.82) is 0 Å². The Morgan fingerprint density at radius 2 is 1.76 bits per heavy atom. The van der Waals surface area contributed by atoms with E-state index in [9.17, 15) is 13.2 Å². The minimum Gasteiger partial charge on any atom is -0.445 e. The quantitative estimate of drug-likeness (QED) is 0.486. The van der Waals surface area contributed by atoms with Crippen molar-refractivity contribution in [1.82, 2.24) is 4.90 Å². The summed E-state index contributed by atoms with van der Waals surface area (Å²) in [5, 5.41) is 0.638. The van der Waals surface area contributed by atoms with Crippen LogP contribution in [0, 0.1) is 6.92 Å². The molecular formula is C25H27ClN2O5S. The van der Waals surface area contributed by atoms with Crippen LogP contribution in [0.5, 0.6) is 0 Å². The van der Waals surface area contributed by atoms with Crippen molar-refractivity contribution in [3.8, 4) is 0 Å². The molecule has 0 radical (unpaired) electrons. The second-order valence-electron chi connectivity index (χ2n) is 7.97. The molecule has 4 rings (SSSR count). The Balaban J connectivity index is 0.000000248. The summed E-state index contributed by atoms with van der Waals surface area (Å²) in [4.78, 5) is 14.1. The number of ether oxygens (including phenoxy) is 1. The number of nitrogens with two attached hydrogens (primary N) is 1. The lowest BCUT2D eigenvalue weighted by molar-refractivity contribution is 0.0908. The number of aryl methyl sites for hydroxylation is 1. The van der Waals surface area contributed by atoms with Crippen LogP contribution in [0.3, 0.4) is 0 Å². The van der Waals surface area contributed by atoms with E-state index >= 15 is 0 Å². The van der Waals surface area contributed by atoms with E-state index in [0.717, 1.165) is 23.1 Å². The topological polar surface area (TPSA) is 110 Å². The third-order valence-electron chi connectivity index (χ3n) is 5.39. The number of nitrogens with zero attached hydrogens (tertiary/aromatic N) is 1. The van der Waals surface area contributed by atoms with Crippen LogP contribution in [0.15, 0.2) is 83.8 Å². The van der Waals surface area contributed by atoms with Gasteiger partial charge in [0.05, 0.1) is 10.9 Å². The standard InChI is InChI=1S/C18H19ClN2O2.C7H8O3S/c19-15-8-4-7-14(11-15)17-16(20)9-10-21(17)18(22)23-12-13-5-2-1-3-6-13;1-6-2-4-7(5-3-6)11(8,9)10/h1-8,11,16-17H,9-10,12,20H2;2-5H,1H3,(H,8,9,10)/t16-,17-;/m0./s1. The molecule has 34 heavy (non-hydrogen) atoms.